The minimum absolute atomic E-state index is 0.0332. The molecule has 0 atom stereocenters. The third kappa shape index (κ3) is 4.54. The van der Waals surface area contributed by atoms with Gasteiger partial charge in [0.25, 0.3) is 5.91 Å². The molecule has 0 fully saturated rings. The van der Waals surface area contributed by atoms with Gasteiger partial charge in [0, 0.05) is 12.0 Å². The summed E-state index contributed by atoms with van der Waals surface area (Å²) in [5, 5.41) is 3.46. The second-order valence-electron chi connectivity index (χ2n) is 6.16. The Balaban J connectivity index is 2.04. The molecule has 124 valence electrons. The van der Waals surface area contributed by atoms with E-state index >= 15 is 0 Å². The van der Waals surface area contributed by atoms with Gasteiger partial charge in [-0.15, -0.1) is 11.3 Å². The summed E-state index contributed by atoms with van der Waals surface area (Å²) in [6, 6.07) is 4.91. The second-order valence-corrected chi connectivity index (χ2v) is 7.19. The number of nitrogens with zero attached hydrogens (tertiary/aromatic N) is 1. The Bertz CT molecular complexity index is 702. The van der Waals surface area contributed by atoms with Gasteiger partial charge in [-0.2, -0.15) is 13.2 Å². The zero-order valence-electron chi connectivity index (χ0n) is 13.0. The van der Waals surface area contributed by atoms with Crippen molar-refractivity contribution in [1.29, 1.82) is 0 Å². The lowest BCUT2D eigenvalue weighted by Crippen LogP contribution is -2.22. The van der Waals surface area contributed by atoms with Crippen molar-refractivity contribution in [3.63, 3.8) is 0 Å². The first-order chi connectivity index (χ1) is 10.6. The molecule has 3 nitrogen and oxygen atoms in total. The maximum Gasteiger partial charge on any atom is 0.416 e. The van der Waals surface area contributed by atoms with Crippen LogP contribution < -0.4 is 5.32 Å². The largest absolute Gasteiger partial charge is 0.416 e. The molecule has 1 heterocycles. The smallest absolute Gasteiger partial charge is 0.347 e. The van der Waals surface area contributed by atoms with Crippen molar-refractivity contribution in [3.8, 4) is 0 Å². The number of aromatic nitrogens is 1. The van der Waals surface area contributed by atoms with Crippen LogP contribution in [-0.4, -0.2) is 10.9 Å². The van der Waals surface area contributed by atoms with E-state index in [2.05, 4.69) is 10.3 Å². The molecule has 0 bridgehead atoms. The first-order valence-corrected chi connectivity index (χ1v) is 7.79. The first-order valence-electron chi connectivity index (χ1n) is 6.98. The highest BCUT2D eigenvalue weighted by Gasteiger charge is 2.30. The van der Waals surface area contributed by atoms with E-state index in [-0.39, 0.29) is 17.9 Å². The van der Waals surface area contributed by atoms with Gasteiger partial charge in [0.05, 0.1) is 16.8 Å². The normalized spacial score (nSPS) is 12.3. The predicted octanol–water partition coefficient (Wildman–Crippen LogP) is 4.39. The monoisotopic (exact) mass is 342 g/mol. The molecule has 0 aliphatic carbocycles. The van der Waals surface area contributed by atoms with E-state index in [0.29, 0.717) is 10.4 Å². The van der Waals surface area contributed by atoms with E-state index in [4.69, 9.17) is 0 Å². The molecule has 1 N–H and O–H groups in total. The minimum Gasteiger partial charge on any atom is -0.347 e. The van der Waals surface area contributed by atoms with Gasteiger partial charge in [0.1, 0.15) is 4.88 Å². The van der Waals surface area contributed by atoms with Crippen molar-refractivity contribution in [2.45, 2.75) is 38.9 Å². The minimum atomic E-state index is -4.39. The van der Waals surface area contributed by atoms with Crippen LogP contribution in [0.5, 0.6) is 0 Å². The molecule has 2 rings (SSSR count). The third-order valence-electron chi connectivity index (χ3n) is 3.08. The molecule has 1 amide bonds. The molecular weight excluding hydrogens is 325 g/mol. The molecular formula is C16H17F3N2OS. The summed E-state index contributed by atoms with van der Waals surface area (Å²) in [5.41, 5.74) is -0.477. The summed E-state index contributed by atoms with van der Waals surface area (Å²) in [6.07, 6.45) is -2.90. The number of alkyl halides is 3. The van der Waals surface area contributed by atoms with Gasteiger partial charge in [0.15, 0.2) is 0 Å². The van der Waals surface area contributed by atoms with Crippen LogP contribution in [-0.2, 0) is 18.1 Å². The van der Waals surface area contributed by atoms with Crippen LogP contribution in [0.15, 0.2) is 30.5 Å². The predicted molar refractivity (Wildman–Crippen MR) is 83.4 cm³/mol. The average Bonchev–Trinajstić information content (AvgIpc) is 2.94. The van der Waals surface area contributed by atoms with E-state index in [1.807, 2.05) is 20.8 Å². The van der Waals surface area contributed by atoms with E-state index in [1.165, 1.54) is 23.6 Å². The quantitative estimate of drug-likeness (QED) is 0.899. The highest BCUT2D eigenvalue weighted by atomic mass is 32.1. The molecule has 0 aliphatic rings. The fraction of sp³-hybridized carbons (Fsp3) is 0.375. The van der Waals surface area contributed by atoms with Gasteiger partial charge < -0.3 is 5.32 Å². The Morgan fingerprint density at radius 2 is 1.96 bits per heavy atom. The first kappa shape index (κ1) is 17.5. The summed E-state index contributed by atoms with van der Waals surface area (Å²) >= 11 is 1.29. The molecule has 0 radical (unpaired) electrons. The maximum absolute atomic E-state index is 12.7. The van der Waals surface area contributed by atoms with Crippen molar-refractivity contribution in [2.75, 3.05) is 0 Å². The van der Waals surface area contributed by atoms with Crippen LogP contribution in [0.4, 0.5) is 13.2 Å². The summed E-state index contributed by atoms with van der Waals surface area (Å²) < 4.78 is 38.0. The molecule has 0 saturated heterocycles. The number of carbonyl (C=O) groups excluding carboxylic acids is 1. The van der Waals surface area contributed by atoms with Crippen LogP contribution in [0.1, 0.15) is 46.6 Å². The lowest BCUT2D eigenvalue weighted by atomic mass is 9.98. The molecule has 7 heteroatoms. The van der Waals surface area contributed by atoms with Gasteiger partial charge >= 0.3 is 6.18 Å². The molecule has 2 aromatic rings. The molecule has 0 saturated carbocycles. The highest BCUT2D eigenvalue weighted by molar-refractivity contribution is 7.13. The van der Waals surface area contributed by atoms with Crippen molar-refractivity contribution >= 4 is 17.2 Å². The zero-order chi connectivity index (χ0) is 17.3. The molecule has 0 aliphatic heterocycles. The molecule has 0 unspecified atom stereocenters. The number of amides is 1. The fourth-order valence-corrected chi connectivity index (χ4v) is 2.74. The van der Waals surface area contributed by atoms with Crippen molar-refractivity contribution in [3.05, 3.63) is 51.5 Å². The van der Waals surface area contributed by atoms with Crippen LogP contribution in [0.2, 0.25) is 0 Å². The van der Waals surface area contributed by atoms with Gasteiger partial charge in [-0.3, -0.25) is 4.79 Å². The average molecular weight is 342 g/mol. The van der Waals surface area contributed by atoms with Crippen LogP contribution in [0.25, 0.3) is 0 Å². The Labute approximate surface area is 136 Å². The Morgan fingerprint density at radius 1 is 1.26 bits per heavy atom. The van der Waals surface area contributed by atoms with Crippen LogP contribution >= 0.6 is 11.3 Å². The van der Waals surface area contributed by atoms with Crippen molar-refractivity contribution in [1.82, 2.24) is 10.3 Å². The number of thiazole rings is 1. The van der Waals surface area contributed by atoms with Gasteiger partial charge in [-0.05, 0) is 17.7 Å². The Kier molecular flexibility index (Phi) is 4.79. The van der Waals surface area contributed by atoms with E-state index < -0.39 is 11.7 Å². The van der Waals surface area contributed by atoms with Crippen LogP contribution in [0, 0.1) is 0 Å². The summed E-state index contributed by atoms with van der Waals surface area (Å²) in [4.78, 5) is 16.7. The Hall–Kier alpha value is -1.89. The Morgan fingerprint density at radius 3 is 2.52 bits per heavy atom. The molecule has 1 aromatic heterocycles. The number of hydrogen-bond donors (Lipinski definition) is 1. The lowest BCUT2D eigenvalue weighted by Gasteiger charge is -2.13. The van der Waals surface area contributed by atoms with E-state index in [0.717, 1.165) is 17.1 Å². The zero-order valence-corrected chi connectivity index (χ0v) is 13.8. The lowest BCUT2D eigenvalue weighted by molar-refractivity contribution is -0.137. The third-order valence-corrected chi connectivity index (χ3v) is 4.50. The molecule has 23 heavy (non-hydrogen) atoms. The van der Waals surface area contributed by atoms with Crippen molar-refractivity contribution in [2.24, 2.45) is 0 Å². The second kappa shape index (κ2) is 6.31. The number of carbonyl (C=O) groups is 1. The fourth-order valence-electron chi connectivity index (χ4n) is 1.85. The van der Waals surface area contributed by atoms with E-state index in [9.17, 15) is 18.0 Å². The van der Waals surface area contributed by atoms with E-state index in [1.54, 1.807) is 6.07 Å². The molecule has 0 spiro atoms. The highest BCUT2D eigenvalue weighted by Crippen LogP contribution is 2.29. The SMILES string of the molecule is CC(C)(C)c1ncc(C(=O)NCc2cccc(C(F)(F)F)c2)s1. The van der Waals surface area contributed by atoms with Crippen LogP contribution in [0.3, 0.4) is 0 Å². The maximum atomic E-state index is 12.7. The number of hydrogen-bond acceptors (Lipinski definition) is 3. The van der Waals surface area contributed by atoms with Gasteiger partial charge in [-0.25, -0.2) is 4.98 Å². The number of benzene rings is 1. The van der Waals surface area contributed by atoms with Gasteiger partial charge in [-0.1, -0.05) is 32.9 Å². The topological polar surface area (TPSA) is 42.0 Å². The summed E-state index contributed by atoms with van der Waals surface area (Å²) in [5.74, 6) is -0.338. The van der Waals surface area contributed by atoms with Crippen molar-refractivity contribution < 1.29 is 18.0 Å². The standard InChI is InChI=1S/C16H17F3N2OS/c1-15(2,3)14-21-9-12(23-14)13(22)20-8-10-5-4-6-11(7-10)16(17,18)19/h4-7,9H,8H2,1-3H3,(H,20,22). The summed E-state index contributed by atoms with van der Waals surface area (Å²) in [7, 11) is 0. The summed E-state index contributed by atoms with van der Waals surface area (Å²) in [6.45, 7) is 6.02. The number of nitrogens with one attached hydrogen (secondary N) is 1. The number of halogens is 3. The number of rotatable bonds is 3. The molecule has 1 aromatic carbocycles. The van der Waals surface area contributed by atoms with Gasteiger partial charge in [0.2, 0.25) is 0 Å².